The molecule has 3 unspecified atom stereocenters. The lowest BCUT2D eigenvalue weighted by molar-refractivity contribution is 0.267. The monoisotopic (exact) mass is 220 g/mol. The van der Waals surface area contributed by atoms with Crippen LogP contribution in [0.2, 0.25) is 0 Å². The molecule has 1 rings (SSSR count). The SMILES string of the molecule is CCS(=O)(=O)NC1C(C)CCNC1C. The topological polar surface area (TPSA) is 58.2 Å². The van der Waals surface area contributed by atoms with Crippen LogP contribution < -0.4 is 10.0 Å². The number of piperidine rings is 1. The second-order valence-electron chi connectivity index (χ2n) is 4.06. The molecule has 0 radical (unpaired) electrons. The van der Waals surface area contributed by atoms with E-state index in [1.165, 1.54) is 0 Å². The molecule has 14 heavy (non-hydrogen) atoms. The van der Waals surface area contributed by atoms with Crippen molar-refractivity contribution >= 4 is 10.0 Å². The number of nitrogens with one attached hydrogen (secondary N) is 2. The van der Waals surface area contributed by atoms with Gasteiger partial charge in [-0.2, -0.15) is 0 Å². The summed E-state index contributed by atoms with van der Waals surface area (Å²) in [7, 11) is -3.07. The average molecular weight is 220 g/mol. The van der Waals surface area contributed by atoms with Crippen molar-refractivity contribution < 1.29 is 8.42 Å². The Kier molecular flexibility index (Phi) is 3.92. The van der Waals surface area contributed by atoms with E-state index in [2.05, 4.69) is 17.0 Å². The largest absolute Gasteiger partial charge is 0.313 e. The standard InChI is InChI=1S/C9H20N2O2S/c1-4-14(12,13)11-9-7(2)5-6-10-8(9)3/h7-11H,4-6H2,1-3H3. The first-order valence-electron chi connectivity index (χ1n) is 5.19. The Balaban J connectivity index is 2.65. The van der Waals surface area contributed by atoms with Crippen LogP contribution in [0, 0.1) is 5.92 Å². The van der Waals surface area contributed by atoms with Crippen LogP contribution in [0.3, 0.4) is 0 Å². The van der Waals surface area contributed by atoms with Crippen molar-refractivity contribution in [3.63, 3.8) is 0 Å². The predicted octanol–water partition coefficient (Wildman–Crippen LogP) is 0.312. The number of hydrogen-bond acceptors (Lipinski definition) is 3. The molecule has 4 nitrogen and oxygen atoms in total. The van der Waals surface area contributed by atoms with Gasteiger partial charge in [-0.25, -0.2) is 13.1 Å². The highest BCUT2D eigenvalue weighted by atomic mass is 32.2. The minimum absolute atomic E-state index is 0.0358. The van der Waals surface area contributed by atoms with E-state index in [1.54, 1.807) is 6.92 Å². The quantitative estimate of drug-likeness (QED) is 0.720. The lowest BCUT2D eigenvalue weighted by Gasteiger charge is -2.35. The van der Waals surface area contributed by atoms with Gasteiger partial charge in [0.05, 0.1) is 5.75 Å². The molecule has 1 aliphatic rings. The highest BCUT2D eigenvalue weighted by Crippen LogP contribution is 2.16. The first-order chi connectivity index (χ1) is 6.46. The van der Waals surface area contributed by atoms with Gasteiger partial charge < -0.3 is 5.32 Å². The van der Waals surface area contributed by atoms with Gasteiger partial charge in [0.1, 0.15) is 0 Å². The zero-order valence-electron chi connectivity index (χ0n) is 9.08. The summed E-state index contributed by atoms with van der Waals surface area (Å²) < 4.78 is 25.6. The third kappa shape index (κ3) is 2.93. The number of hydrogen-bond donors (Lipinski definition) is 2. The van der Waals surface area contributed by atoms with Gasteiger partial charge in [-0.15, -0.1) is 0 Å². The molecular weight excluding hydrogens is 200 g/mol. The third-order valence-corrected chi connectivity index (χ3v) is 4.30. The van der Waals surface area contributed by atoms with Crippen molar-refractivity contribution in [1.29, 1.82) is 0 Å². The van der Waals surface area contributed by atoms with Crippen molar-refractivity contribution in [2.24, 2.45) is 5.92 Å². The molecule has 5 heteroatoms. The van der Waals surface area contributed by atoms with Crippen LogP contribution in [-0.4, -0.2) is 32.8 Å². The van der Waals surface area contributed by atoms with Crippen molar-refractivity contribution in [2.75, 3.05) is 12.3 Å². The van der Waals surface area contributed by atoms with E-state index in [-0.39, 0.29) is 17.8 Å². The number of sulfonamides is 1. The fourth-order valence-electron chi connectivity index (χ4n) is 1.85. The second kappa shape index (κ2) is 4.59. The van der Waals surface area contributed by atoms with Gasteiger partial charge in [-0.05, 0) is 32.7 Å². The fraction of sp³-hybridized carbons (Fsp3) is 1.00. The van der Waals surface area contributed by atoms with Crippen LogP contribution in [0.5, 0.6) is 0 Å². The van der Waals surface area contributed by atoms with Gasteiger partial charge in [0.15, 0.2) is 0 Å². The summed E-state index contributed by atoms with van der Waals surface area (Å²) in [6.45, 7) is 6.76. The summed E-state index contributed by atoms with van der Waals surface area (Å²) in [6, 6.07) is 0.258. The minimum Gasteiger partial charge on any atom is -0.313 e. The maximum Gasteiger partial charge on any atom is 0.211 e. The molecular formula is C9H20N2O2S. The summed E-state index contributed by atoms with van der Waals surface area (Å²) in [4.78, 5) is 0. The summed E-state index contributed by atoms with van der Waals surface area (Å²) in [6.07, 6.45) is 1.03. The molecule has 0 aromatic heterocycles. The van der Waals surface area contributed by atoms with E-state index in [1.807, 2.05) is 6.92 Å². The van der Waals surface area contributed by atoms with E-state index in [0.717, 1.165) is 13.0 Å². The molecule has 0 amide bonds. The zero-order chi connectivity index (χ0) is 10.8. The fourth-order valence-corrected chi connectivity index (χ4v) is 2.86. The molecule has 3 atom stereocenters. The molecule has 1 aliphatic heterocycles. The second-order valence-corrected chi connectivity index (χ2v) is 6.10. The van der Waals surface area contributed by atoms with E-state index >= 15 is 0 Å². The lowest BCUT2D eigenvalue weighted by atomic mass is 9.90. The van der Waals surface area contributed by atoms with Crippen LogP contribution >= 0.6 is 0 Å². The molecule has 0 aromatic carbocycles. The van der Waals surface area contributed by atoms with Crippen molar-refractivity contribution in [2.45, 2.75) is 39.3 Å². The Bertz CT molecular complexity index is 267. The highest BCUT2D eigenvalue weighted by Gasteiger charge is 2.30. The molecule has 2 N–H and O–H groups in total. The summed E-state index contributed by atoms with van der Waals surface area (Å²) >= 11 is 0. The Morgan fingerprint density at radius 1 is 1.43 bits per heavy atom. The molecule has 1 heterocycles. The molecule has 1 saturated heterocycles. The van der Waals surface area contributed by atoms with Gasteiger partial charge in [0, 0.05) is 12.1 Å². The Hall–Kier alpha value is -0.130. The molecule has 0 aromatic rings. The van der Waals surface area contributed by atoms with Gasteiger partial charge in [-0.3, -0.25) is 0 Å². The van der Waals surface area contributed by atoms with Crippen LogP contribution in [-0.2, 0) is 10.0 Å². The first-order valence-corrected chi connectivity index (χ1v) is 6.85. The molecule has 0 aliphatic carbocycles. The van der Waals surface area contributed by atoms with Crippen LogP contribution in [0.25, 0.3) is 0 Å². The minimum atomic E-state index is -3.07. The van der Waals surface area contributed by atoms with E-state index in [4.69, 9.17) is 0 Å². The van der Waals surface area contributed by atoms with Crippen molar-refractivity contribution in [3.8, 4) is 0 Å². The smallest absolute Gasteiger partial charge is 0.211 e. The zero-order valence-corrected chi connectivity index (χ0v) is 9.89. The lowest BCUT2D eigenvalue weighted by Crippen LogP contribution is -2.56. The molecule has 1 fully saturated rings. The van der Waals surface area contributed by atoms with Crippen LogP contribution in [0.15, 0.2) is 0 Å². The van der Waals surface area contributed by atoms with E-state index in [0.29, 0.717) is 5.92 Å². The van der Waals surface area contributed by atoms with Gasteiger partial charge in [-0.1, -0.05) is 6.92 Å². The van der Waals surface area contributed by atoms with Crippen molar-refractivity contribution in [3.05, 3.63) is 0 Å². The third-order valence-electron chi connectivity index (χ3n) is 2.91. The highest BCUT2D eigenvalue weighted by molar-refractivity contribution is 7.89. The molecule has 0 spiro atoms. The normalized spacial score (nSPS) is 34.4. The average Bonchev–Trinajstić information content (AvgIpc) is 2.12. The molecule has 0 saturated carbocycles. The summed E-state index contributed by atoms with van der Waals surface area (Å²) in [5, 5.41) is 3.28. The summed E-state index contributed by atoms with van der Waals surface area (Å²) in [5.41, 5.74) is 0. The van der Waals surface area contributed by atoms with Gasteiger partial charge in [0.2, 0.25) is 10.0 Å². The molecule has 0 bridgehead atoms. The Morgan fingerprint density at radius 2 is 2.07 bits per heavy atom. The van der Waals surface area contributed by atoms with Crippen molar-refractivity contribution in [1.82, 2.24) is 10.0 Å². The predicted molar refractivity (Wildman–Crippen MR) is 57.6 cm³/mol. The Morgan fingerprint density at radius 3 is 2.57 bits per heavy atom. The summed E-state index contributed by atoms with van der Waals surface area (Å²) in [5.74, 6) is 0.565. The first kappa shape index (κ1) is 11.9. The van der Waals surface area contributed by atoms with Crippen LogP contribution in [0.4, 0.5) is 0 Å². The van der Waals surface area contributed by atoms with Crippen LogP contribution in [0.1, 0.15) is 27.2 Å². The van der Waals surface area contributed by atoms with E-state index < -0.39 is 10.0 Å². The molecule has 84 valence electrons. The Labute approximate surface area is 86.5 Å². The van der Waals surface area contributed by atoms with Gasteiger partial charge >= 0.3 is 0 Å². The van der Waals surface area contributed by atoms with E-state index in [9.17, 15) is 8.42 Å². The van der Waals surface area contributed by atoms with Gasteiger partial charge in [0.25, 0.3) is 0 Å². The maximum absolute atomic E-state index is 11.4. The number of rotatable bonds is 3. The maximum atomic E-state index is 11.4.